The molecule has 21 heavy (non-hydrogen) atoms. The second-order valence-electron chi connectivity index (χ2n) is 4.20. The summed E-state index contributed by atoms with van der Waals surface area (Å²) in [7, 11) is 1.51. The lowest BCUT2D eigenvalue weighted by Gasteiger charge is -2.18. The van der Waals surface area contributed by atoms with Gasteiger partial charge < -0.3 is 19.3 Å². The average molecular weight is 298 g/mol. The number of aliphatic hydroxyl groups is 1. The van der Waals surface area contributed by atoms with Gasteiger partial charge in [0, 0.05) is 7.11 Å². The SMILES string of the molecule is CC.CC.COC1OC(C)C(OCc2ccccc2)C1O. The Morgan fingerprint density at radius 3 is 2.14 bits per heavy atom. The van der Waals surface area contributed by atoms with Crippen LogP contribution >= 0.6 is 0 Å². The van der Waals surface area contributed by atoms with E-state index in [1.165, 1.54) is 7.11 Å². The highest BCUT2D eigenvalue weighted by Gasteiger charge is 2.42. The predicted molar refractivity (Wildman–Crippen MR) is 85.1 cm³/mol. The van der Waals surface area contributed by atoms with Crippen LogP contribution in [0, 0.1) is 0 Å². The first-order valence-corrected chi connectivity index (χ1v) is 7.74. The second kappa shape index (κ2) is 11.7. The van der Waals surface area contributed by atoms with E-state index in [2.05, 4.69) is 0 Å². The molecule has 1 aromatic carbocycles. The second-order valence-corrected chi connectivity index (χ2v) is 4.20. The molecule has 0 aliphatic carbocycles. The number of rotatable bonds is 4. The third-order valence-corrected chi connectivity index (χ3v) is 2.94. The molecule has 0 bridgehead atoms. The molecule has 1 N–H and O–H groups in total. The molecule has 4 nitrogen and oxygen atoms in total. The van der Waals surface area contributed by atoms with Crippen molar-refractivity contribution in [1.29, 1.82) is 0 Å². The van der Waals surface area contributed by atoms with Crippen LogP contribution in [0.15, 0.2) is 30.3 Å². The normalized spacial score (nSPS) is 27.2. The molecule has 1 fully saturated rings. The Balaban J connectivity index is 0.000000921. The van der Waals surface area contributed by atoms with Crippen molar-refractivity contribution in [3.05, 3.63) is 35.9 Å². The number of hydrogen-bond acceptors (Lipinski definition) is 4. The van der Waals surface area contributed by atoms with Crippen molar-refractivity contribution in [1.82, 2.24) is 0 Å². The van der Waals surface area contributed by atoms with Crippen LogP contribution in [0.25, 0.3) is 0 Å². The van der Waals surface area contributed by atoms with Crippen molar-refractivity contribution in [3.8, 4) is 0 Å². The van der Waals surface area contributed by atoms with Crippen molar-refractivity contribution < 1.29 is 19.3 Å². The first-order chi connectivity index (χ1) is 10.2. The summed E-state index contributed by atoms with van der Waals surface area (Å²) in [6, 6.07) is 9.85. The van der Waals surface area contributed by atoms with Gasteiger partial charge in [-0.2, -0.15) is 0 Å². The Labute approximate surface area is 129 Å². The lowest BCUT2D eigenvalue weighted by atomic mass is 10.1. The van der Waals surface area contributed by atoms with Gasteiger partial charge >= 0.3 is 0 Å². The Morgan fingerprint density at radius 2 is 1.67 bits per heavy atom. The lowest BCUT2D eigenvalue weighted by molar-refractivity contribution is -0.146. The monoisotopic (exact) mass is 298 g/mol. The molecule has 1 saturated heterocycles. The van der Waals surface area contributed by atoms with Gasteiger partial charge in [-0.25, -0.2) is 0 Å². The van der Waals surface area contributed by atoms with E-state index in [0.717, 1.165) is 5.56 Å². The fraction of sp³-hybridized carbons (Fsp3) is 0.647. The van der Waals surface area contributed by atoms with E-state index in [1.807, 2.05) is 65.0 Å². The van der Waals surface area contributed by atoms with E-state index >= 15 is 0 Å². The highest BCUT2D eigenvalue weighted by Crippen LogP contribution is 2.24. The minimum absolute atomic E-state index is 0.168. The molecular formula is C17H30O4. The van der Waals surface area contributed by atoms with Crippen LogP contribution in [0.5, 0.6) is 0 Å². The van der Waals surface area contributed by atoms with Crippen molar-refractivity contribution in [3.63, 3.8) is 0 Å². The molecule has 0 saturated carbocycles. The van der Waals surface area contributed by atoms with Crippen LogP contribution in [0.2, 0.25) is 0 Å². The molecule has 122 valence electrons. The van der Waals surface area contributed by atoms with Gasteiger partial charge in [-0.3, -0.25) is 0 Å². The molecule has 2 rings (SSSR count). The van der Waals surface area contributed by atoms with E-state index in [1.54, 1.807) is 0 Å². The van der Waals surface area contributed by atoms with Gasteiger partial charge in [0.25, 0.3) is 0 Å². The van der Waals surface area contributed by atoms with Gasteiger partial charge in [0.2, 0.25) is 0 Å². The summed E-state index contributed by atoms with van der Waals surface area (Å²) < 4.78 is 16.1. The van der Waals surface area contributed by atoms with E-state index in [0.29, 0.717) is 6.61 Å². The van der Waals surface area contributed by atoms with Crippen LogP contribution in [0.4, 0.5) is 0 Å². The maximum absolute atomic E-state index is 9.92. The summed E-state index contributed by atoms with van der Waals surface area (Å²) in [5.41, 5.74) is 1.08. The Morgan fingerprint density at radius 1 is 1.10 bits per heavy atom. The van der Waals surface area contributed by atoms with Gasteiger partial charge in [0.1, 0.15) is 12.2 Å². The van der Waals surface area contributed by atoms with Crippen molar-refractivity contribution in [2.75, 3.05) is 7.11 Å². The van der Waals surface area contributed by atoms with Crippen LogP contribution in [-0.2, 0) is 20.8 Å². The van der Waals surface area contributed by atoms with E-state index in [-0.39, 0.29) is 12.2 Å². The number of benzene rings is 1. The quantitative estimate of drug-likeness (QED) is 0.926. The summed E-state index contributed by atoms with van der Waals surface area (Å²) in [6.45, 7) is 10.3. The van der Waals surface area contributed by atoms with Crippen LogP contribution < -0.4 is 0 Å². The van der Waals surface area contributed by atoms with Crippen LogP contribution in [-0.4, -0.2) is 36.8 Å². The molecule has 4 atom stereocenters. The standard InChI is InChI=1S/C13H18O4.2C2H6/c1-9-12(11(14)13(15-2)17-9)16-8-10-6-4-3-5-7-10;2*1-2/h3-7,9,11-14H,8H2,1-2H3;2*1-2H3. The molecule has 1 aliphatic rings. The summed E-state index contributed by atoms with van der Waals surface area (Å²) in [4.78, 5) is 0. The zero-order chi connectivity index (χ0) is 16.3. The third-order valence-electron chi connectivity index (χ3n) is 2.94. The van der Waals surface area contributed by atoms with Crippen molar-refractivity contribution in [2.24, 2.45) is 0 Å². The molecule has 0 aromatic heterocycles. The van der Waals surface area contributed by atoms with E-state index in [9.17, 15) is 5.11 Å². The van der Waals surface area contributed by atoms with Gasteiger partial charge in [-0.1, -0.05) is 58.0 Å². The molecule has 4 heteroatoms. The summed E-state index contributed by atoms with van der Waals surface area (Å²) in [5.74, 6) is 0. The third kappa shape index (κ3) is 6.14. The van der Waals surface area contributed by atoms with E-state index in [4.69, 9.17) is 14.2 Å². The minimum atomic E-state index is -0.737. The van der Waals surface area contributed by atoms with Gasteiger partial charge in [0.05, 0.1) is 12.7 Å². The highest BCUT2D eigenvalue weighted by atomic mass is 16.7. The minimum Gasteiger partial charge on any atom is -0.385 e. The van der Waals surface area contributed by atoms with Crippen LogP contribution in [0.3, 0.4) is 0 Å². The van der Waals surface area contributed by atoms with E-state index < -0.39 is 12.4 Å². The molecular weight excluding hydrogens is 268 g/mol. The highest BCUT2D eigenvalue weighted by molar-refractivity contribution is 5.13. The molecule has 0 radical (unpaired) electrons. The smallest absolute Gasteiger partial charge is 0.186 e. The number of methoxy groups -OCH3 is 1. The summed E-state index contributed by atoms with van der Waals surface area (Å²) in [5, 5.41) is 9.92. The first kappa shape index (κ1) is 20.1. The number of ether oxygens (including phenoxy) is 3. The molecule has 0 spiro atoms. The zero-order valence-corrected chi connectivity index (χ0v) is 14.1. The van der Waals surface area contributed by atoms with Crippen molar-refractivity contribution in [2.45, 2.75) is 65.8 Å². The number of aliphatic hydroxyl groups excluding tert-OH is 1. The van der Waals surface area contributed by atoms with Crippen molar-refractivity contribution >= 4 is 0 Å². The molecule has 1 heterocycles. The maximum atomic E-state index is 9.92. The van der Waals surface area contributed by atoms with Gasteiger partial charge in [-0.05, 0) is 12.5 Å². The number of hydrogen-bond donors (Lipinski definition) is 1. The fourth-order valence-corrected chi connectivity index (χ4v) is 2.00. The lowest BCUT2D eigenvalue weighted by Crippen LogP contribution is -2.34. The van der Waals surface area contributed by atoms with Gasteiger partial charge in [0.15, 0.2) is 6.29 Å². The molecule has 1 aliphatic heterocycles. The largest absolute Gasteiger partial charge is 0.385 e. The fourth-order valence-electron chi connectivity index (χ4n) is 2.00. The van der Waals surface area contributed by atoms with Crippen LogP contribution in [0.1, 0.15) is 40.2 Å². The Hall–Kier alpha value is -0.940. The average Bonchev–Trinajstić information content (AvgIpc) is 2.84. The summed E-state index contributed by atoms with van der Waals surface area (Å²) in [6.07, 6.45) is -1.84. The Bertz CT molecular complexity index is 342. The predicted octanol–water partition coefficient (Wildman–Crippen LogP) is 3.38. The zero-order valence-electron chi connectivity index (χ0n) is 14.1. The molecule has 0 amide bonds. The maximum Gasteiger partial charge on any atom is 0.186 e. The van der Waals surface area contributed by atoms with Gasteiger partial charge in [-0.15, -0.1) is 0 Å². The first-order valence-electron chi connectivity index (χ1n) is 7.74. The summed E-state index contributed by atoms with van der Waals surface area (Å²) >= 11 is 0. The molecule has 4 unspecified atom stereocenters. The Kier molecular flexibility index (Phi) is 11.2. The molecule has 1 aromatic rings. The topological polar surface area (TPSA) is 47.9 Å².